The number of fused-ring (bicyclic) bond motifs is 1. The summed E-state index contributed by atoms with van der Waals surface area (Å²) in [6, 6.07) is 12.8. The summed E-state index contributed by atoms with van der Waals surface area (Å²) in [5.41, 5.74) is 2.76. The molecule has 0 fully saturated rings. The first-order valence-electron chi connectivity index (χ1n) is 6.36. The van der Waals surface area contributed by atoms with Crippen molar-refractivity contribution in [2.24, 2.45) is 0 Å². The number of halogens is 1. The second-order valence-corrected chi connectivity index (χ2v) is 5.61. The first-order chi connectivity index (χ1) is 10.1. The fourth-order valence-corrected chi connectivity index (χ4v) is 2.55. The van der Waals surface area contributed by atoms with E-state index in [1.54, 1.807) is 12.1 Å². The van der Waals surface area contributed by atoms with E-state index in [2.05, 4.69) is 31.2 Å². The molecule has 1 amide bonds. The molecule has 0 bridgehead atoms. The molecule has 1 heterocycles. The average Bonchev–Trinajstić information content (AvgIpc) is 2.78. The number of carbonyl (C=O) groups excluding carboxylic acids is 1. The van der Waals surface area contributed by atoms with Gasteiger partial charge in [0, 0.05) is 10.2 Å². The van der Waals surface area contributed by atoms with Crippen molar-refractivity contribution in [3.05, 3.63) is 63.0 Å². The molecule has 0 saturated carbocycles. The van der Waals surface area contributed by atoms with Gasteiger partial charge in [0.1, 0.15) is 0 Å². The zero-order valence-corrected chi connectivity index (χ0v) is 12.5. The minimum absolute atomic E-state index is 0.106. The summed E-state index contributed by atoms with van der Waals surface area (Å²) in [6.45, 7) is 0. The molecule has 0 unspecified atom stereocenters. The van der Waals surface area contributed by atoms with Gasteiger partial charge in [-0.15, -0.1) is 0 Å². The van der Waals surface area contributed by atoms with Gasteiger partial charge in [-0.1, -0.05) is 28.1 Å². The van der Waals surface area contributed by atoms with Crippen molar-refractivity contribution in [1.82, 2.24) is 9.97 Å². The molecule has 0 aliphatic rings. The Hall–Kier alpha value is -2.34. The van der Waals surface area contributed by atoms with E-state index < -0.39 is 0 Å². The number of hydrogen-bond donors (Lipinski definition) is 3. The number of rotatable bonds is 3. The van der Waals surface area contributed by atoms with E-state index in [0.29, 0.717) is 5.52 Å². The smallest absolute Gasteiger partial charge is 0.323 e. The number of nitrogens with one attached hydrogen (secondary N) is 3. The van der Waals surface area contributed by atoms with Crippen LogP contribution in [0.15, 0.2) is 51.7 Å². The van der Waals surface area contributed by atoms with Crippen LogP contribution in [-0.4, -0.2) is 15.9 Å². The van der Waals surface area contributed by atoms with E-state index >= 15 is 0 Å². The third-order valence-corrected chi connectivity index (χ3v) is 3.55. The number of anilines is 1. The van der Waals surface area contributed by atoms with E-state index in [9.17, 15) is 9.59 Å². The molecule has 106 valence electrons. The van der Waals surface area contributed by atoms with Crippen molar-refractivity contribution in [2.45, 2.75) is 6.42 Å². The van der Waals surface area contributed by atoms with Gasteiger partial charge in [-0.05, 0) is 35.9 Å². The summed E-state index contributed by atoms with van der Waals surface area (Å²) in [6.07, 6.45) is 0.246. The van der Waals surface area contributed by atoms with E-state index in [0.717, 1.165) is 21.2 Å². The van der Waals surface area contributed by atoms with Crippen molar-refractivity contribution in [3.8, 4) is 0 Å². The molecule has 2 aromatic carbocycles. The van der Waals surface area contributed by atoms with Crippen LogP contribution in [0.2, 0.25) is 0 Å². The molecule has 3 aromatic rings. The molecule has 21 heavy (non-hydrogen) atoms. The second kappa shape index (κ2) is 5.57. The summed E-state index contributed by atoms with van der Waals surface area (Å²) in [5.74, 6) is -0.106. The fourth-order valence-electron chi connectivity index (χ4n) is 2.15. The molecule has 0 atom stereocenters. The lowest BCUT2D eigenvalue weighted by Gasteiger charge is -2.06. The summed E-state index contributed by atoms with van der Waals surface area (Å²) in [7, 11) is 0. The first kappa shape index (κ1) is 13.6. The highest BCUT2D eigenvalue weighted by atomic mass is 79.9. The van der Waals surface area contributed by atoms with Crippen molar-refractivity contribution in [2.75, 3.05) is 5.32 Å². The molecule has 0 spiro atoms. The minimum Gasteiger partial charge on any atom is -0.326 e. The number of amides is 1. The molecule has 5 nitrogen and oxygen atoms in total. The fraction of sp³-hybridized carbons (Fsp3) is 0.0667. The van der Waals surface area contributed by atoms with Crippen LogP contribution in [0.25, 0.3) is 11.0 Å². The molecule has 6 heteroatoms. The largest absolute Gasteiger partial charge is 0.326 e. The standard InChI is InChI=1S/C15H12BrN3O2/c16-10-2-1-3-11(8-10)17-14(20)7-9-4-5-12-13(6-9)19-15(21)18-12/h1-6,8H,7H2,(H,17,20)(H2,18,19,21). The van der Waals surface area contributed by atoms with Crippen LogP contribution < -0.4 is 11.0 Å². The van der Waals surface area contributed by atoms with Crippen LogP contribution in [-0.2, 0) is 11.2 Å². The van der Waals surface area contributed by atoms with Crippen LogP contribution in [0.1, 0.15) is 5.56 Å². The molecule has 0 aliphatic heterocycles. The van der Waals surface area contributed by atoms with E-state index in [4.69, 9.17) is 0 Å². The number of aromatic nitrogens is 2. The van der Waals surface area contributed by atoms with Gasteiger partial charge in [0.2, 0.25) is 5.91 Å². The number of H-pyrrole nitrogens is 2. The Balaban J connectivity index is 1.75. The van der Waals surface area contributed by atoms with E-state index in [-0.39, 0.29) is 18.0 Å². The topological polar surface area (TPSA) is 77.8 Å². The van der Waals surface area contributed by atoms with Crippen LogP contribution >= 0.6 is 15.9 Å². The summed E-state index contributed by atoms with van der Waals surface area (Å²) < 4.78 is 0.909. The molecule has 1 aromatic heterocycles. The lowest BCUT2D eigenvalue weighted by atomic mass is 10.1. The number of imidazole rings is 1. The SMILES string of the molecule is O=C(Cc1ccc2[nH]c(=O)[nH]c2c1)Nc1cccc(Br)c1. The molecule has 3 N–H and O–H groups in total. The van der Waals surface area contributed by atoms with Crippen LogP contribution in [0.3, 0.4) is 0 Å². The number of aromatic amines is 2. The molecular formula is C15H12BrN3O2. The Bertz CT molecular complexity index is 866. The minimum atomic E-state index is -0.249. The lowest BCUT2D eigenvalue weighted by molar-refractivity contribution is -0.115. The summed E-state index contributed by atoms with van der Waals surface area (Å²) in [4.78, 5) is 28.6. The molecule has 0 saturated heterocycles. The zero-order valence-electron chi connectivity index (χ0n) is 10.9. The third-order valence-electron chi connectivity index (χ3n) is 3.05. The first-order valence-corrected chi connectivity index (χ1v) is 7.16. The molecule has 0 aliphatic carbocycles. The molecule has 0 radical (unpaired) electrons. The van der Waals surface area contributed by atoms with Crippen LogP contribution in [0.4, 0.5) is 5.69 Å². The highest BCUT2D eigenvalue weighted by Crippen LogP contribution is 2.16. The van der Waals surface area contributed by atoms with Gasteiger partial charge >= 0.3 is 5.69 Å². The van der Waals surface area contributed by atoms with Gasteiger partial charge < -0.3 is 15.3 Å². The highest BCUT2D eigenvalue weighted by Gasteiger charge is 2.06. The second-order valence-electron chi connectivity index (χ2n) is 4.69. The lowest BCUT2D eigenvalue weighted by Crippen LogP contribution is -2.14. The average molecular weight is 346 g/mol. The maximum absolute atomic E-state index is 12.0. The molecule has 3 rings (SSSR count). The van der Waals surface area contributed by atoms with Crippen LogP contribution in [0, 0.1) is 0 Å². The predicted octanol–water partition coefficient (Wildman–Crippen LogP) is 2.80. The Morgan fingerprint density at radius 2 is 1.90 bits per heavy atom. The van der Waals surface area contributed by atoms with Gasteiger partial charge in [-0.3, -0.25) is 4.79 Å². The normalized spacial score (nSPS) is 10.7. The van der Waals surface area contributed by atoms with Gasteiger partial charge in [-0.2, -0.15) is 0 Å². The predicted molar refractivity (Wildman–Crippen MR) is 85.4 cm³/mol. The van der Waals surface area contributed by atoms with Gasteiger partial charge in [0.05, 0.1) is 17.5 Å². The van der Waals surface area contributed by atoms with E-state index in [1.807, 2.05) is 30.3 Å². The molecular weight excluding hydrogens is 334 g/mol. The monoisotopic (exact) mass is 345 g/mol. The number of benzene rings is 2. The number of hydrogen-bond acceptors (Lipinski definition) is 2. The zero-order chi connectivity index (χ0) is 14.8. The van der Waals surface area contributed by atoms with Gasteiger partial charge in [-0.25, -0.2) is 4.79 Å². The van der Waals surface area contributed by atoms with E-state index in [1.165, 1.54) is 0 Å². The van der Waals surface area contributed by atoms with Crippen LogP contribution in [0.5, 0.6) is 0 Å². The summed E-state index contributed by atoms with van der Waals surface area (Å²) >= 11 is 3.36. The Morgan fingerprint density at radius 3 is 2.71 bits per heavy atom. The van der Waals surface area contributed by atoms with Crippen molar-refractivity contribution in [3.63, 3.8) is 0 Å². The third kappa shape index (κ3) is 3.22. The number of carbonyl (C=O) groups is 1. The quantitative estimate of drug-likeness (QED) is 0.682. The Labute approximate surface area is 128 Å². The highest BCUT2D eigenvalue weighted by molar-refractivity contribution is 9.10. The van der Waals surface area contributed by atoms with Crippen molar-refractivity contribution >= 4 is 38.6 Å². The Morgan fingerprint density at radius 1 is 1.10 bits per heavy atom. The van der Waals surface area contributed by atoms with Gasteiger partial charge in [0.15, 0.2) is 0 Å². The van der Waals surface area contributed by atoms with Crippen molar-refractivity contribution in [1.29, 1.82) is 0 Å². The van der Waals surface area contributed by atoms with Crippen molar-refractivity contribution < 1.29 is 4.79 Å². The maximum Gasteiger partial charge on any atom is 0.323 e. The summed E-state index contributed by atoms with van der Waals surface area (Å²) in [5, 5.41) is 2.84. The Kier molecular flexibility index (Phi) is 3.62. The maximum atomic E-state index is 12.0. The van der Waals surface area contributed by atoms with Gasteiger partial charge in [0.25, 0.3) is 0 Å².